The van der Waals surface area contributed by atoms with Gasteiger partial charge in [0.2, 0.25) is 0 Å². The van der Waals surface area contributed by atoms with Gasteiger partial charge in [0.1, 0.15) is 11.0 Å². The standard InChI is InChI=1S/C21H19N3O4S/c1-28-15-9-7-13(8-10-15)16-11-17(14-5-3-2-4-6-14)24(23-16)21-22-20(27)18(29-21)12-19(25)26/h2-10,17-18H,11-12H2,1H3,(H,25,26)/t17-,18+/m0/s1. The molecule has 7 nitrogen and oxygen atoms in total. The summed E-state index contributed by atoms with van der Waals surface area (Å²) in [5.41, 5.74) is 2.89. The molecule has 2 aliphatic heterocycles. The highest BCUT2D eigenvalue weighted by atomic mass is 32.2. The van der Waals surface area contributed by atoms with Crippen molar-refractivity contribution in [3.05, 3.63) is 65.7 Å². The van der Waals surface area contributed by atoms with Gasteiger partial charge in [-0.05, 0) is 35.4 Å². The van der Waals surface area contributed by atoms with E-state index in [0.717, 1.165) is 34.3 Å². The molecule has 2 heterocycles. The lowest BCUT2D eigenvalue weighted by Gasteiger charge is -2.23. The monoisotopic (exact) mass is 409 g/mol. The maximum absolute atomic E-state index is 12.2. The molecule has 148 valence electrons. The van der Waals surface area contributed by atoms with Gasteiger partial charge in [-0.25, -0.2) is 5.01 Å². The van der Waals surface area contributed by atoms with Crippen molar-refractivity contribution in [1.29, 1.82) is 0 Å². The van der Waals surface area contributed by atoms with Crippen molar-refractivity contribution >= 4 is 34.5 Å². The third-order valence-electron chi connectivity index (χ3n) is 4.80. The van der Waals surface area contributed by atoms with Crippen LogP contribution in [0.2, 0.25) is 0 Å². The van der Waals surface area contributed by atoms with Crippen molar-refractivity contribution in [1.82, 2.24) is 5.01 Å². The summed E-state index contributed by atoms with van der Waals surface area (Å²) in [5, 5.41) is 15.3. The van der Waals surface area contributed by atoms with Gasteiger partial charge in [0.05, 0.1) is 25.3 Å². The Bertz CT molecular complexity index is 989. The molecule has 2 aromatic carbocycles. The number of methoxy groups -OCH3 is 1. The first kappa shape index (κ1) is 19.2. The van der Waals surface area contributed by atoms with E-state index >= 15 is 0 Å². The number of aliphatic imine (C=N–C) groups is 1. The van der Waals surface area contributed by atoms with Gasteiger partial charge >= 0.3 is 5.97 Å². The van der Waals surface area contributed by atoms with E-state index in [2.05, 4.69) is 4.99 Å². The van der Waals surface area contributed by atoms with Crippen LogP contribution in [0.4, 0.5) is 0 Å². The van der Waals surface area contributed by atoms with E-state index < -0.39 is 17.1 Å². The predicted molar refractivity (Wildman–Crippen MR) is 111 cm³/mol. The summed E-state index contributed by atoms with van der Waals surface area (Å²) < 4.78 is 5.22. The molecule has 4 rings (SSSR count). The Balaban J connectivity index is 1.65. The minimum Gasteiger partial charge on any atom is -0.497 e. The second-order valence-corrected chi connectivity index (χ2v) is 7.86. The quantitative estimate of drug-likeness (QED) is 0.815. The molecule has 0 fully saturated rings. The van der Waals surface area contributed by atoms with E-state index in [1.54, 1.807) is 12.1 Å². The summed E-state index contributed by atoms with van der Waals surface area (Å²) in [6.45, 7) is 0. The van der Waals surface area contributed by atoms with Crippen molar-refractivity contribution in [3.8, 4) is 5.75 Å². The van der Waals surface area contributed by atoms with Crippen LogP contribution in [0, 0.1) is 0 Å². The molecular weight excluding hydrogens is 390 g/mol. The highest BCUT2D eigenvalue weighted by Crippen LogP contribution is 2.38. The number of thioether (sulfide) groups is 1. The topological polar surface area (TPSA) is 91.6 Å². The van der Waals surface area contributed by atoms with Crippen LogP contribution in [0.3, 0.4) is 0 Å². The number of carboxylic acid groups (broad SMARTS) is 1. The molecule has 2 aliphatic rings. The molecule has 1 amide bonds. The zero-order chi connectivity index (χ0) is 20.4. The molecule has 29 heavy (non-hydrogen) atoms. The van der Waals surface area contributed by atoms with Crippen molar-refractivity contribution in [3.63, 3.8) is 0 Å². The number of rotatable bonds is 5. The first-order valence-electron chi connectivity index (χ1n) is 9.12. The average Bonchev–Trinajstić information content (AvgIpc) is 3.32. The molecular formula is C21H19N3O4S. The van der Waals surface area contributed by atoms with Crippen LogP contribution in [-0.2, 0) is 9.59 Å². The minimum atomic E-state index is -1.02. The van der Waals surface area contributed by atoms with Crippen LogP contribution in [0.5, 0.6) is 5.75 Å². The molecule has 1 N–H and O–H groups in total. The van der Waals surface area contributed by atoms with Crippen LogP contribution < -0.4 is 4.74 Å². The maximum atomic E-state index is 12.2. The lowest BCUT2D eigenvalue weighted by Crippen LogP contribution is -2.24. The van der Waals surface area contributed by atoms with Gasteiger partial charge in [-0.15, -0.1) is 0 Å². The molecule has 0 aromatic heterocycles. The molecule has 0 radical (unpaired) electrons. The molecule has 0 saturated heterocycles. The van der Waals surface area contributed by atoms with Crippen LogP contribution in [0.1, 0.15) is 30.0 Å². The predicted octanol–water partition coefficient (Wildman–Crippen LogP) is 3.32. The summed E-state index contributed by atoms with van der Waals surface area (Å²) >= 11 is 1.16. The Morgan fingerprint density at radius 2 is 1.93 bits per heavy atom. The van der Waals surface area contributed by atoms with Crippen LogP contribution in [0.15, 0.2) is 64.7 Å². The van der Waals surface area contributed by atoms with Gasteiger partial charge in [-0.3, -0.25) is 9.59 Å². The average molecular weight is 409 g/mol. The number of benzene rings is 2. The fraction of sp³-hybridized carbons (Fsp3) is 0.238. The second-order valence-electron chi connectivity index (χ2n) is 6.69. The number of carbonyl (C=O) groups excluding carboxylic acids is 1. The number of hydrazone groups is 1. The van der Waals surface area contributed by atoms with Gasteiger partial charge in [0, 0.05) is 6.42 Å². The van der Waals surface area contributed by atoms with Crippen molar-refractivity contribution in [2.75, 3.05) is 7.11 Å². The Kier molecular flexibility index (Phi) is 5.35. The number of amidine groups is 1. The van der Waals surface area contributed by atoms with Crippen LogP contribution in [0.25, 0.3) is 0 Å². The van der Waals surface area contributed by atoms with Crippen molar-refractivity contribution in [2.45, 2.75) is 24.1 Å². The summed E-state index contributed by atoms with van der Waals surface area (Å²) in [5.74, 6) is -0.676. The number of carboxylic acids is 1. The normalized spacial score (nSPS) is 21.1. The minimum absolute atomic E-state index is 0.115. The van der Waals surface area contributed by atoms with Gasteiger partial charge in [0.15, 0.2) is 5.17 Å². The fourth-order valence-corrected chi connectivity index (χ4v) is 4.40. The van der Waals surface area contributed by atoms with Crippen molar-refractivity contribution in [2.24, 2.45) is 10.1 Å². The number of nitrogens with zero attached hydrogens (tertiary/aromatic N) is 3. The van der Waals surface area contributed by atoms with Gasteiger partial charge in [-0.1, -0.05) is 42.1 Å². The van der Waals surface area contributed by atoms with E-state index in [9.17, 15) is 9.59 Å². The lowest BCUT2D eigenvalue weighted by atomic mass is 9.98. The SMILES string of the molecule is COc1ccc(C2=NN(C3=NC(=O)[C@@H](CC(=O)O)S3)[C@H](c3ccccc3)C2)cc1. The molecule has 0 bridgehead atoms. The molecule has 0 spiro atoms. The molecule has 8 heteroatoms. The van der Waals surface area contributed by atoms with E-state index in [4.69, 9.17) is 14.9 Å². The Morgan fingerprint density at radius 3 is 2.59 bits per heavy atom. The number of aliphatic carboxylic acids is 1. The number of hydrogen-bond donors (Lipinski definition) is 1. The van der Waals surface area contributed by atoms with Crippen molar-refractivity contribution < 1.29 is 19.4 Å². The third-order valence-corrected chi connectivity index (χ3v) is 5.94. The summed E-state index contributed by atoms with van der Waals surface area (Å²) in [6.07, 6.45) is 0.392. The molecule has 2 aromatic rings. The van der Waals surface area contributed by atoms with Crippen LogP contribution >= 0.6 is 11.8 Å². The molecule has 0 unspecified atom stereocenters. The number of amides is 1. The van der Waals surface area contributed by atoms with Gasteiger partial charge < -0.3 is 9.84 Å². The Hall–Kier alpha value is -3.13. The Morgan fingerprint density at radius 1 is 1.21 bits per heavy atom. The van der Waals surface area contributed by atoms with E-state index in [0.29, 0.717) is 11.6 Å². The fourth-order valence-electron chi connectivity index (χ4n) is 3.34. The van der Waals surface area contributed by atoms with E-state index in [-0.39, 0.29) is 12.5 Å². The Labute approximate surface area is 172 Å². The summed E-state index contributed by atoms with van der Waals surface area (Å²) in [4.78, 5) is 27.3. The number of carbonyl (C=O) groups is 2. The lowest BCUT2D eigenvalue weighted by molar-refractivity contribution is -0.138. The van der Waals surface area contributed by atoms with Crippen LogP contribution in [-0.4, -0.2) is 45.2 Å². The first-order valence-corrected chi connectivity index (χ1v) is 10.00. The molecule has 2 atom stereocenters. The zero-order valence-corrected chi connectivity index (χ0v) is 16.5. The molecule has 0 saturated carbocycles. The van der Waals surface area contributed by atoms with E-state index in [1.165, 1.54) is 0 Å². The largest absolute Gasteiger partial charge is 0.497 e. The van der Waals surface area contributed by atoms with E-state index in [1.807, 2.05) is 54.6 Å². The summed E-state index contributed by atoms with van der Waals surface area (Å²) in [6, 6.07) is 17.4. The maximum Gasteiger partial charge on any atom is 0.305 e. The highest BCUT2D eigenvalue weighted by Gasteiger charge is 2.39. The third kappa shape index (κ3) is 4.02. The smallest absolute Gasteiger partial charge is 0.305 e. The zero-order valence-electron chi connectivity index (χ0n) is 15.7. The number of hydrogen-bond acceptors (Lipinski definition) is 6. The second kappa shape index (κ2) is 8.08. The summed E-state index contributed by atoms with van der Waals surface area (Å²) in [7, 11) is 1.62. The van der Waals surface area contributed by atoms with Gasteiger partial charge in [-0.2, -0.15) is 10.1 Å². The molecule has 0 aliphatic carbocycles. The van der Waals surface area contributed by atoms with Gasteiger partial charge in [0.25, 0.3) is 5.91 Å². The number of ether oxygens (including phenoxy) is 1. The first-order chi connectivity index (χ1) is 14.0. The highest BCUT2D eigenvalue weighted by molar-refractivity contribution is 8.15.